The summed E-state index contributed by atoms with van der Waals surface area (Å²) < 4.78 is 0. The Balaban J connectivity index is 2.10. The van der Waals surface area contributed by atoms with Crippen LogP contribution in [-0.2, 0) is 17.6 Å². The molecular formula is C18H27NO. The fourth-order valence-electron chi connectivity index (χ4n) is 3.14. The molecule has 110 valence electrons. The molecule has 2 rings (SSSR count). The minimum absolute atomic E-state index is 0.0450. The van der Waals surface area contributed by atoms with Crippen molar-refractivity contribution in [3.63, 3.8) is 0 Å². The van der Waals surface area contributed by atoms with Gasteiger partial charge in [-0.3, -0.25) is 4.79 Å². The average Bonchev–Trinajstić information content (AvgIpc) is 2.74. The highest BCUT2D eigenvalue weighted by molar-refractivity contribution is 5.79. The first-order valence-corrected chi connectivity index (χ1v) is 7.80. The molecule has 0 saturated carbocycles. The molecule has 1 amide bonds. The maximum atomic E-state index is 11.6. The molecule has 0 bridgehead atoms. The highest BCUT2D eigenvalue weighted by atomic mass is 16.2. The molecule has 2 nitrogen and oxygen atoms in total. The van der Waals surface area contributed by atoms with Crippen molar-refractivity contribution in [1.82, 2.24) is 5.32 Å². The predicted octanol–water partition coefficient (Wildman–Crippen LogP) is 3.73. The molecule has 20 heavy (non-hydrogen) atoms. The molecular weight excluding hydrogens is 246 g/mol. The molecule has 1 saturated heterocycles. The van der Waals surface area contributed by atoms with E-state index in [1.807, 2.05) is 0 Å². The van der Waals surface area contributed by atoms with E-state index >= 15 is 0 Å². The van der Waals surface area contributed by atoms with E-state index in [2.05, 4.69) is 57.3 Å². The molecule has 0 aromatic heterocycles. The van der Waals surface area contributed by atoms with Crippen LogP contribution in [0, 0.1) is 11.8 Å². The highest BCUT2D eigenvalue weighted by Crippen LogP contribution is 2.32. The zero-order chi connectivity index (χ0) is 14.8. The Kier molecular flexibility index (Phi) is 4.52. The van der Waals surface area contributed by atoms with Gasteiger partial charge in [-0.2, -0.15) is 0 Å². The van der Waals surface area contributed by atoms with Crippen LogP contribution in [0.3, 0.4) is 0 Å². The zero-order valence-electron chi connectivity index (χ0n) is 13.2. The molecule has 1 unspecified atom stereocenters. The fourth-order valence-corrected chi connectivity index (χ4v) is 3.14. The number of hydrogen-bond donors (Lipinski definition) is 1. The lowest BCUT2D eigenvalue weighted by atomic mass is 9.79. The van der Waals surface area contributed by atoms with Crippen molar-refractivity contribution in [3.8, 4) is 0 Å². The lowest BCUT2D eigenvalue weighted by Gasteiger charge is -2.33. The van der Waals surface area contributed by atoms with Gasteiger partial charge in [0, 0.05) is 12.0 Å². The predicted molar refractivity (Wildman–Crippen MR) is 83.6 cm³/mol. The van der Waals surface area contributed by atoms with E-state index in [0.717, 1.165) is 19.3 Å². The summed E-state index contributed by atoms with van der Waals surface area (Å²) >= 11 is 0. The second kappa shape index (κ2) is 5.99. The fraction of sp³-hybridized carbons (Fsp3) is 0.611. The third kappa shape index (κ3) is 3.41. The Hall–Kier alpha value is -1.31. The van der Waals surface area contributed by atoms with Gasteiger partial charge < -0.3 is 5.32 Å². The molecule has 1 atom stereocenters. The van der Waals surface area contributed by atoms with Gasteiger partial charge in [0.15, 0.2) is 0 Å². The number of nitrogens with one attached hydrogen (secondary N) is 1. The summed E-state index contributed by atoms with van der Waals surface area (Å²) in [4.78, 5) is 11.6. The maximum Gasteiger partial charge on any atom is 0.220 e. The van der Waals surface area contributed by atoms with E-state index in [9.17, 15) is 4.79 Å². The first-order valence-electron chi connectivity index (χ1n) is 7.80. The van der Waals surface area contributed by atoms with E-state index < -0.39 is 0 Å². The van der Waals surface area contributed by atoms with E-state index in [1.165, 1.54) is 11.1 Å². The molecule has 1 aliphatic rings. The Morgan fingerprint density at radius 1 is 1.10 bits per heavy atom. The first-order chi connectivity index (χ1) is 9.41. The lowest BCUT2D eigenvalue weighted by Crippen LogP contribution is -2.48. The standard InChI is InChI=1S/C18H27NO/c1-13(2)11-15-5-7-16(8-6-15)12-18(14(3)4)10-9-17(20)19-18/h5-8,13-14H,9-12H2,1-4H3,(H,19,20). The van der Waals surface area contributed by atoms with Gasteiger partial charge in [0.05, 0.1) is 0 Å². The summed E-state index contributed by atoms with van der Waals surface area (Å²) in [7, 11) is 0. The third-order valence-corrected chi connectivity index (χ3v) is 4.48. The van der Waals surface area contributed by atoms with Gasteiger partial charge in [-0.1, -0.05) is 52.0 Å². The van der Waals surface area contributed by atoms with Crippen molar-refractivity contribution in [2.24, 2.45) is 11.8 Å². The summed E-state index contributed by atoms with van der Waals surface area (Å²) in [5.41, 5.74) is 2.68. The van der Waals surface area contributed by atoms with E-state index in [4.69, 9.17) is 0 Å². The average molecular weight is 273 g/mol. The quantitative estimate of drug-likeness (QED) is 0.870. The summed E-state index contributed by atoms with van der Waals surface area (Å²) in [5.74, 6) is 1.36. The molecule has 1 aromatic carbocycles. The number of rotatable bonds is 5. The van der Waals surface area contributed by atoms with Crippen molar-refractivity contribution >= 4 is 5.91 Å². The normalized spacial score (nSPS) is 22.6. The second-order valence-electron chi connectivity index (χ2n) is 6.95. The van der Waals surface area contributed by atoms with E-state index in [-0.39, 0.29) is 11.4 Å². The Morgan fingerprint density at radius 3 is 2.15 bits per heavy atom. The highest BCUT2D eigenvalue weighted by Gasteiger charge is 2.40. The van der Waals surface area contributed by atoms with E-state index in [0.29, 0.717) is 18.3 Å². The van der Waals surface area contributed by atoms with Crippen LogP contribution in [0.15, 0.2) is 24.3 Å². The molecule has 1 aliphatic heterocycles. The monoisotopic (exact) mass is 273 g/mol. The lowest BCUT2D eigenvalue weighted by molar-refractivity contribution is -0.120. The molecule has 0 spiro atoms. The van der Waals surface area contributed by atoms with Gasteiger partial charge in [-0.25, -0.2) is 0 Å². The van der Waals surface area contributed by atoms with Crippen LogP contribution in [0.25, 0.3) is 0 Å². The van der Waals surface area contributed by atoms with Crippen LogP contribution in [0.4, 0.5) is 0 Å². The number of hydrogen-bond acceptors (Lipinski definition) is 1. The van der Waals surface area contributed by atoms with Gasteiger partial charge in [0.2, 0.25) is 5.91 Å². The van der Waals surface area contributed by atoms with Crippen LogP contribution in [0.2, 0.25) is 0 Å². The van der Waals surface area contributed by atoms with Gasteiger partial charge in [-0.05, 0) is 42.2 Å². The number of carbonyl (C=O) groups excluding carboxylic acids is 1. The number of amides is 1. The van der Waals surface area contributed by atoms with Crippen molar-refractivity contribution in [2.75, 3.05) is 0 Å². The second-order valence-corrected chi connectivity index (χ2v) is 6.95. The van der Waals surface area contributed by atoms with Gasteiger partial charge in [-0.15, -0.1) is 0 Å². The minimum Gasteiger partial charge on any atom is -0.350 e. The van der Waals surface area contributed by atoms with Crippen LogP contribution >= 0.6 is 0 Å². The molecule has 1 fully saturated rings. The molecule has 1 N–H and O–H groups in total. The Bertz CT molecular complexity index is 461. The van der Waals surface area contributed by atoms with Crippen LogP contribution in [0.1, 0.15) is 51.7 Å². The molecule has 2 heteroatoms. The Morgan fingerprint density at radius 2 is 1.70 bits per heavy atom. The van der Waals surface area contributed by atoms with Crippen molar-refractivity contribution in [2.45, 2.75) is 58.9 Å². The smallest absolute Gasteiger partial charge is 0.220 e. The zero-order valence-corrected chi connectivity index (χ0v) is 13.2. The Labute approximate surface area is 123 Å². The largest absolute Gasteiger partial charge is 0.350 e. The van der Waals surface area contributed by atoms with Crippen molar-refractivity contribution in [3.05, 3.63) is 35.4 Å². The molecule has 1 heterocycles. The summed E-state index contributed by atoms with van der Waals surface area (Å²) in [5, 5.41) is 3.22. The summed E-state index contributed by atoms with van der Waals surface area (Å²) in [6.07, 6.45) is 3.70. The SMILES string of the molecule is CC(C)Cc1ccc(CC2(C(C)C)CCC(=O)N2)cc1. The third-order valence-electron chi connectivity index (χ3n) is 4.48. The topological polar surface area (TPSA) is 29.1 Å². The summed E-state index contributed by atoms with van der Waals surface area (Å²) in [6, 6.07) is 8.93. The maximum absolute atomic E-state index is 11.6. The molecule has 1 aromatic rings. The van der Waals surface area contributed by atoms with Gasteiger partial charge in [0.25, 0.3) is 0 Å². The van der Waals surface area contributed by atoms with Crippen molar-refractivity contribution < 1.29 is 4.79 Å². The minimum atomic E-state index is -0.0450. The molecule has 0 aliphatic carbocycles. The van der Waals surface area contributed by atoms with E-state index in [1.54, 1.807) is 0 Å². The molecule has 0 radical (unpaired) electrons. The van der Waals surface area contributed by atoms with Gasteiger partial charge >= 0.3 is 0 Å². The van der Waals surface area contributed by atoms with Crippen LogP contribution in [-0.4, -0.2) is 11.4 Å². The first kappa shape index (κ1) is 15.1. The van der Waals surface area contributed by atoms with Crippen molar-refractivity contribution in [1.29, 1.82) is 0 Å². The number of carbonyl (C=O) groups is 1. The van der Waals surface area contributed by atoms with Gasteiger partial charge in [0.1, 0.15) is 0 Å². The summed E-state index contributed by atoms with van der Waals surface area (Å²) in [6.45, 7) is 8.91. The van der Waals surface area contributed by atoms with Crippen LogP contribution < -0.4 is 5.32 Å². The van der Waals surface area contributed by atoms with Crippen LogP contribution in [0.5, 0.6) is 0 Å². The number of benzene rings is 1.